The third-order valence-electron chi connectivity index (χ3n) is 3.78. The summed E-state index contributed by atoms with van der Waals surface area (Å²) in [5.41, 5.74) is 0.803. The summed E-state index contributed by atoms with van der Waals surface area (Å²) in [5, 5.41) is 3.25. The van der Waals surface area contributed by atoms with Crippen LogP contribution in [0, 0.1) is 0 Å². The summed E-state index contributed by atoms with van der Waals surface area (Å²) in [6, 6.07) is -0.231. The molecule has 0 aliphatic heterocycles. The molecule has 1 aromatic rings. The first-order valence-corrected chi connectivity index (χ1v) is 6.89. The van der Waals surface area contributed by atoms with Gasteiger partial charge in [0.15, 0.2) is 0 Å². The number of rotatable bonds is 6. The van der Waals surface area contributed by atoms with Crippen LogP contribution in [0.25, 0.3) is 0 Å². The summed E-state index contributed by atoms with van der Waals surface area (Å²) in [4.78, 5) is 18.5. The largest absolute Gasteiger partial charge is 0.341 e. The van der Waals surface area contributed by atoms with E-state index in [1.165, 1.54) is 0 Å². The molecule has 0 aromatic carbocycles. The minimum atomic E-state index is -0.231. The zero-order valence-electron chi connectivity index (χ0n) is 12.9. The number of aromatic nitrogens is 2. The molecule has 0 aliphatic carbocycles. The highest BCUT2D eigenvalue weighted by Crippen LogP contribution is 2.23. The van der Waals surface area contributed by atoms with Gasteiger partial charge in [0.2, 0.25) is 5.91 Å². The fourth-order valence-electron chi connectivity index (χ4n) is 2.14. The van der Waals surface area contributed by atoms with Gasteiger partial charge in [-0.15, -0.1) is 0 Å². The minimum absolute atomic E-state index is 0.135. The molecule has 1 N–H and O–H groups in total. The summed E-state index contributed by atoms with van der Waals surface area (Å²) in [7, 11) is 1.91. The predicted molar refractivity (Wildman–Crippen MR) is 77.0 cm³/mol. The molecule has 5 heteroatoms. The Balaban J connectivity index is 3.05. The van der Waals surface area contributed by atoms with E-state index in [2.05, 4.69) is 24.1 Å². The van der Waals surface area contributed by atoms with Crippen LogP contribution in [-0.4, -0.2) is 40.5 Å². The standard InChI is InChI=1S/C14H26N4O/c1-7-17(8-2)13(19)11(3)18-10-16-9-12(18)14(4,5)15-6/h9-11,15H,7-8H2,1-6H3. The van der Waals surface area contributed by atoms with Gasteiger partial charge < -0.3 is 14.8 Å². The van der Waals surface area contributed by atoms with Gasteiger partial charge in [0, 0.05) is 13.1 Å². The Hall–Kier alpha value is -1.36. The molecule has 5 nitrogen and oxygen atoms in total. The molecule has 0 saturated carbocycles. The first-order chi connectivity index (χ1) is 8.88. The van der Waals surface area contributed by atoms with Crippen molar-refractivity contribution < 1.29 is 4.79 Å². The van der Waals surface area contributed by atoms with E-state index in [1.54, 1.807) is 6.33 Å². The van der Waals surface area contributed by atoms with Crippen LogP contribution in [0.5, 0.6) is 0 Å². The summed E-state index contributed by atoms with van der Waals surface area (Å²) in [6.07, 6.45) is 3.56. The number of likely N-dealkylation sites (N-methyl/N-ethyl adjacent to an activating group) is 1. The van der Waals surface area contributed by atoms with Crippen molar-refractivity contribution in [2.24, 2.45) is 0 Å². The summed E-state index contributed by atoms with van der Waals surface area (Å²) >= 11 is 0. The Labute approximate surface area is 116 Å². The van der Waals surface area contributed by atoms with E-state index >= 15 is 0 Å². The van der Waals surface area contributed by atoms with Crippen LogP contribution in [-0.2, 0) is 10.3 Å². The van der Waals surface area contributed by atoms with E-state index in [1.807, 2.05) is 43.5 Å². The van der Waals surface area contributed by atoms with Crippen molar-refractivity contribution >= 4 is 5.91 Å². The molecule has 0 fully saturated rings. The Morgan fingerprint density at radius 3 is 2.53 bits per heavy atom. The van der Waals surface area contributed by atoms with Gasteiger partial charge in [-0.1, -0.05) is 0 Å². The smallest absolute Gasteiger partial charge is 0.245 e. The van der Waals surface area contributed by atoms with E-state index in [0.29, 0.717) is 0 Å². The van der Waals surface area contributed by atoms with Crippen molar-refractivity contribution in [3.8, 4) is 0 Å². The highest BCUT2D eigenvalue weighted by Gasteiger charge is 2.27. The van der Waals surface area contributed by atoms with Crippen molar-refractivity contribution in [3.63, 3.8) is 0 Å². The molecule has 1 rings (SSSR count). The van der Waals surface area contributed by atoms with Gasteiger partial charge in [-0.2, -0.15) is 0 Å². The van der Waals surface area contributed by atoms with Gasteiger partial charge in [0.05, 0.1) is 23.8 Å². The SMILES string of the molecule is CCN(CC)C(=O)C(C)n1cncc1C(C)(C)NC. The highest BCUT2D eigenvalue weighted by molar-refractivity contribution is 5.80. The number of nitrogens with zero attached hydrogens (tertiary/aromatic N) is 3. The van der Waals surface area contributed by atoms with Crippen molar-refractivity contribution in [1.82, 2.24) is 19.8 Å². The first-order valence-electron chi connectivity index (χ1n) is 6.89. The number of carbonyl (C=O) groups is 1. The Bertz CT molecular complexity index is 421. The maximum absolute atomic E-state index is 12.4. The number of amides is 1. The van der Waals surface area contributed by atoms with Crippen LogP contribution >= 0.6 is 0 Å². The van der Waals surface area contributed by atoms with Crippen molar-refractivity contribution in [3.05, 3.63) is 18.2 Å². The molecule has 0 bridgehead atoms. The van der Waals surface area contributed by atoms with E-state index in [0.717, 1.165) is 18.8 Å². The second kappa shape index (κ2) is 6.19. The molecule has 108 valence electrons. The molecular formula is C14H26N4O. The number of hydrogen-bond donors (Lipinski definition) is 1. The maximum Gasteiger partial charge on any atom is 0.245 e. The monoisotopic (exact) mass is 266 g/mol. The van der Waals surface area contributed by atoms with Crippen LogP contribution in [0.2, 0.25) is 0 Å². The van der Waals surface area contributed by atoms with Crippen LogP contribution in [0.1, 0.15) is 46.4 Å². The number of imidazole rings is 1. The lowest BCUT2D eigenvalue weighted by Crippen LogP contribution is -2.40. The quantitative estimate of drug-likeness (QED) is 0.853. The number of nitrogens with one attached hydrogen (secondary N) is 1. The van der Waals surface area contributed by atoms with Crippen LogP contribution in [0.3, 0.4) is 0 Å². The molecule has 1 atom stereocenters. The molecule has 1 unspecified atom stereocenters. The number of hydrogen-bond acceptors (Lipinski definition) is 3. The second-order valence-electron chi connectivity index (χ2n) is 5.25. The van der Waals surface area contributed by atoms with Gasteiger partial charge in [-0.3, -0.25) is 4.79 Å². The number of carbonyl (C=O) groups excluding carboxylic acids is 1. The van der Waals surface area contributed by atoms with Gasteiger partial charge in [0.1, 0.15) is 6.04 Å². The maximum atomic E-state index is 12.4. The molecule has 0 radical (unpaired) electrons. The third-order valence-corrected chi connectivity index (χ3v) is 3.78. The molecule has 0 spiro atoms. The molecule has 0 aliphatic rings. The lowest BCUT2D eigenvalue weighted by molar-refractivity contribution is -0.134. The third kappa shape index (κ3) is 3.15. The van der Waals surface area contributed by atoms with Gasteiger partial charge in [-0.25, -0.2) is 4.98 Å². The summed E-state index contributed by atoms with van der Waals surface area (Å²) < 4.78 is 1.96. The highest BCUT2D eigenvalue weighted by atomic mass is 16.2. The average Bonchev–Trinajstić information content (AvgIpc) is 2.89. The van der Waals surface area contributed by atoms with E-state index < -0.39 is 0 Å². The first kappa shape index (κ1) is 15.7. The molecule has 0 saturated heterocycles. The normalized spacial score (nSPS) is 13.4. The Morgan fingerprint density at radius 2 is 2.05 bits per heavy atom. The fraction of sp³-hybridized carbons (Fsp3) is 0.714. The van der Waals surface area contributed by atoms with Crippen molar-refractivity contribution in [2.45, 2.75) is 46.2 Å². The lowest BCUT2D eigenvalue weighted by Gasteiger charge is -2.29. The molecule has 1 aromatic heterocycles. The predicted octanol–water partition coefficient (Wildman–Crippen LogP) is 1.77. The fourth-order valence-corrected chi connectivity index (χ4v) is 2.14. The lowest BCUT2D eigenvalue weighted by atomic mass is 10.0. The molecule has 1 amide bonds. The van der Waals surface area contributed by atoms with Gasteiger partial charge in [-0.05, 0) is 41.7 Å². The van der Waals surface area contributed by atoms with Gasteiger partial charge >= 0.3 is 0 Å². The van der Waals surface area contributed by atoms with Crippen molar-refractivity contribution in [1.29, 1.82) is 0 Å². The van der Waals surface area contributed by atoms with E-state index in [-0.39, 0.29) is 17.5 Å². The minimum Gasteiger partial charge on any atom is -0.341 e. The van der Waals surface area contributed by atoms with Crippen molar-refractivity contribution in [2.75, 3.05) is 20.1 Å². The summed E-state index contributed by atoms with van der Waals surface area (Å²) in [6.45, 7) is 11.6. The van der Waals surface area contributed by atoms with Crippen LogP contribution in [0.4, 0.5) is 0 Å². The Morgan fingerprint density at radius 1 is 1.47 bits per heavy atom. The van der Waals surface area contributed by atoms with Crippen LogP contribution < -0.4 is 5.32 Å². The molecular weight excluding hydrogens is 240 g/mol. The van der Waals surface area contributed by atoms with Gasteiger partial charge in [0.25, 0.3) is 0 Å². The summed E-state index contributed by atoms with van der Waals surface area (Å²) in [5.74, 6) is 0.135. The van der Waals surface area contributed by atoms with Crippen LogP contribution in [0.15, 0.2) is 12.5 Å². The topological polar surface area (TPSA) is 50.2 Å². The Kier molecular flexibility index (Phi) is 5.11. The second-order valence-corrected chi connectivity index (χ2v) is 5.25. The van der Waals surface area contributed by atoms with E-state index in [9.17, 15) is 4.79 Å². The van der Waals surface area contributed by atoms with E-state index in [4.69, 9.17) is 0 Å². The molecule has 1 heterocycles. The average molecular weight is 266 g/mol. The molecule has 19 heavy (non-hydrogen) atoms. The zero-order chi connectivity index (χ0) is 14.6. The zero-order valence-corrected chi connectivity index (χ0v) is 12.9.